The van der Waals surface area contributed by atoms with Crippen molar-refractivity contribution < 1.29 is 27.9 Å². The largest absolute Gasteiger partial charge is 0.378 e. The van der Waals surface area contributed by atoms with Crippen molar-refractivity contribution in [3.63, 3.8) is 0 Å². The molecule has 2 N–H and O–H groups in total. The number of anilines is 4. The van der Waals surface area contributed by atoms with Gasteiger partial charge in [0.2, 0.25) is 12.3 Å². The highest BCUT2D eigenvalue weighted by molar-refractivity contribution is 6.10. The first kappa shape index (κ1) is 44.8. The summed E-state index contributed by atoms with van der Waals surface area (Å²) < 4.78 is 34.1. The fourth-order valence-electron chi connectivity index (χ4n) is 9.28. The number of ether oxygens (including phenoxy) is 1. The number of piperazine rings is 1. The molecule has 5 aliphatic rings. The summed E-state index contributed by atoms with van der Waals surface area (Å²) in [7, 11) is 2.21. The second kappa shape index (κ2) is 20.8. The van der Waals surface area contributed by atoms with Crippen molar-refractivity contribution in [3.8, 4) is 0 Å². The zero-order valence-corrected chi connectivity index (χ0v) is 36.7. The van der Waals surface area contributed by atoms with Gasteiger partial charge in [-0.05, 0) is 70.9 Å². The molecular formula is C45H59F2N13O4. The molecule has 1 aromatic carbocycles. The first-order valence-corrected chi connectivity index (χ1v) is 22.5. The number of carbonyl (C=O) groups is 3. The van der Waals surface area contributed by atoms with Crippen molar-refractivity contribution in [2.45, 2.75) is 76.8 Å². The number of nitrogens with one attached hydrogen (secondary N) is 2. The molecule has 19 heteroatoms. The molecule has 342 valence electrons. The van der Waals surface area contributed by atoms with E-state index >= 15 is 0 Å². The third-order valence-corrected chi connectivity index (χ3v) is 12.9. The third-order valence-electron chi connectivity index (χ3n) is 12.9. The summed E-state index contributed by atoms with van der Waals surface area (Å²) in [6, 6.07) is 8.93. The number of nitrogens with zero attached hydrogens (tertiary/aromatic N) is 11. The molecule has 1 aliphatic carbocycles. The number of pyridine rings is 1. The maximum absolute atomic E-state index is 12.7. The Morgan fingerprint density at radius 3 is 2.36 bits per heavy atom. The van der Waals surface area contributed by atoms with Gasteiger partial charge in [-0.15, -0.1) is 0 Å². The fraction of sp³-hybridized carbons (Fsp3) is 0.533. The van der Waals surface area contributed by atoms with Crippen molar-refractivity contribution in [2.75, 3.05) is 99.2 Å². The second-order valence-corrected chi connectivity index (χ2v) is 17.1. The molecule has 4 aromatic heterocycles. The maximum atomic E-state index is 12.7. The van der Waals surface area contributed by atoms with E-state index < -0.39 is 6.43 Å². The van der Waals surface area contributed by atoms with Crippen molar-refractivity contribution in [2.24, 2.45) is 0 Å². The van der Waals surface area contributed by atoms with Crippen LogP contribution in [0.5, 0.6) is 0 Å². The third kappa shape index (κ3) is 10.6. The van der Waals surface area contributed by atoms with Crippen LogP contribution in [0.15, 0.2) is 55.2 Å². The van der Waals surface area contributed by atoms with Gasteiger partial charge in [0, 0.05) is 98.9 Å². The number of alkyl halides is 2. The summed E-state index contributed by atoms with van der Waals surface area (Å²) in [5, 5.41) is 14.8. The molecular weight excluding hydrogens is 825 g/mol. The second-order valence-electron chi connectivity index (χ2n) is 17.1. The fourth-order valence-corrected chi connectivity index (χ4v) is 9.28. The Morgan fingerprint density at radius 1 is 0.875 bits per heavy atom. The topological polar surface area (TPSA) is 162 Å². The number of fused-ring (bicyclic) bond motifs is 2. The first-order chi connectivity index (χ1) is 31.1. The van der Waals surface area contributed by atoms with Crippen LogP contribution in [0.1, 0.15) is 75.1 Å². The minimum atomic E-state index is -2.66. The van der Waals surface area contributed by atoms with Crippen molar-refractivity contribution >= 4 is 57.6 Å². The number of piperidine rings is 1. The zero-order valence-electron chi connectivity index (χ0n) is 36.7. The molecule has 17 nitrogen and oxygen atoms in total. The van der Waals surface area contributed by atoms with E-state index in [0.29, 0.717) is 19.4 Å². The lowest BCUT2D eigenvalue weighted by molar-refractivity contribution is -0.120. The van der Waals surface area contributed by atoms with Gasteiger partial charge in [-0.1, -0.05) is 25.3 Å². The van der Waals surface area contributed by atoms with E-state index in [1.165, 1.54) is 44.2 Å². The minimum Gasteiger partial charge on any atom is -0.378 e. The van der Waals surface area contributed by atoms with E-state index in [1.54, 1.807) is 20.3 Å². The Bertz CT molecular complexity index is 2360. The molecule has 5 aromatic rings. The molecule has 4 saturated heterocycles. The highest BCUT2D eigenvalue weighted by Crippen LogP contribution is 2.33. The molecule has 0 atom stereocenters. The minimum absolute atomic E-state index is 0.112. The van der Waals surface area contributed by atoms with Gasteiger partial charge in [-0.2, -0.15) is 10.2 Å². The number of morpholine rings is 1. The van der Waals surface area contributed by atoms with E-state index in [1.807, 2.05) is 31.6 Å². The number of rotatable bonds is 8. The van der Waals surface area contributed by atoms with Crippen LogP contribution >= 0.6 is 0 Å². The molecule has 1 saturated carbocycles. The van der Waals surface area contributed by atoms with Gasteiger partial charge in [-0.25, -0.2) is 23.1 Å². The summed E-state index contributed by atoms with van der Waals surface area (Å²) in [6.07, 6.45) is 14.8. The molecule has 0 radical (unpaired) electrons. The van der Waals surface area contributed by atoms with Crippen LogP contribution < -0.4 is 25.3 Å². The SMILES string of the molecule is CN1CCC(N2CCN(c3ccc4c(N5CCC(=O)NC5=O)cncc4c3)CC2)CC1.Cc1cnn2ccc(N3CCOCC3)nc12.O=CNc1cn(C2CCCCC2)nc1C(F)F. The van der Waals surface area contributed by atoms with Crippen molar-refractivity contribution in [1.29, 1.82) is 0 Å². The number of aryl methyl sites for hydroxylation is 1. The molecule has 4 aliphatic heterocycles. The number of halogens is 2. The Hall–Kier alpha value is -5.79. The van der Waals surface area contributed by atoms with Crippen molar-refractivity contribution in [3.05, 3.63) is 66.5 Å². The molecule has 0 bridgehead atoms. The summed E-state index contributed by atoms with van der Waals surface area (Å²) in [4.78, 5) is 54.5. The summed E-state index contributed by atoms with van der Waals surface area (Å²) in [6.45, 7) is 12.5. The number of hydrogen-bond donors (Lipinski definition) is 2. The van der Waals surface area contributed by atoms with Gasteiger partial charge < -0.3 is 24.8 Å². The quantitative estimate of drug-likeness (QED) is 0.184. The van der Waals surface area contributed by atoms with Crippen LogP contribution in [0.25, 0.3) is 16.4 Å². The smallest absolute Gasteiger partial charge is 0.328 e. The average Bonchev–Trinajstić information content (AvgIpc) is 3.93. The summed E-state index contributed by atoms with van der Waals surface area (Å²) in [5.41, 5.74) is 3.76. The molecule has 0 unspecified atom stereocenters. The van der Waals surface area contributed by atoms with Gasteiger partial charge >= 0.3 is 6.03 Å². The van der Waals surface area contributed by atoms with Crippen LogP contribution in [-0.2, 0) is 14.3 Å². The standard InChI is InChI=1S/C23H30N6O2.C11H15F2N3O.C11H14N4O/c1-26-7-4-18(5-8-26)27-10-12-28(13-11-27)19-2-3-20-17(14-19)15-24-16-21(20)29-9-6-22(30)25-23(29)31;12-11(13)10-9(14-7-17)6-16(15-10)8-4-2-1-3-5-8;1-9-8-12-15-3-2-10(13-11(9)15)14-4-6-16-7-5-14/h2-3,14-16,18H,4-13H2,1H3,(H,25,30,31);6-8,11H,1-5H2,(H,14,17);2-3,8H,4-7H2,1H3. The number of amides is 4. The molecule has 0 spiro atoms. The molecule has 64 heavy (non-hydrogen) atoms. The Morgan fingerprint density at radius 2 is 1.64 bits per heavy atom. The highest BCUT2D eigenvalue weighted by Gasteiger charge is 2.29. The van der Waals surface area contributed by atoms with Gasteiger partial charge in [-0.3, -0.25) is 34.4 Å². The number of urea groups is 1. The van der Waals surface area contributed by atoms with E-state index in [4.69, 9.17) is 4.74 Å². The Balaban J connectivity index is 0.000000143. The van der Waals surface area contributed by atoms with Gasteiger partial charge in [0.05, 0.1) is 43.0 Å². The van der Waals surface area contributed by atoms with Gasteiger partial charge in [0.15, 0.2) is 11.3 Å². The Kier molecular flexibility index (Phi) is 14.6. The first-order valence-electron chi connectivity index (χ1n) is 22.5. The number of aromatic nitrogens is 6. The molecule has 10 rings (SSSR count). The van der Waals surface area contributed by atoms with Crippen LogP contribution in [0, 0.1) is 6.92 Å². The average molecular weight is 884 g/mol. The van der Waals surface area contributed by atoms with E-state index in [9.17, 15) is 23.2 Å². The lowest BCUT2D eigenvalue weighted by atomic mass is 9.96. The molecule has 4 amide bonds. The van der Waals surface area contributed by atoms with Crippen LogP contribution in [0.2, 0.25) is 0 Å². The van der Waals surface area contributed by atoms with E-state index in [-0.39, 0.29) is 29.4 Å². The van der Waals surface area contributed by atoms with Crippen LogP contribution in [0.3, 0.4) is 0 Å². The molecule has 5 fully saturated rings. The normalized spacial score (nSPS) is 19.6. The number of carbonyl (C=O) groups excluding carboxylic acids is 3. The molecule has 8 heterocycles. The van der Waals surface area contributed by atoms with E-state index in [2.05, 4.69) is 75.6 Å². The lowest BCUT2D eigenvalue weighted by Gasteiger charge is -2.43. The lowest BCUT2D eigenvalue weighted by Crippen LogP contribution is -2.53. The number of imide groups is 1. The van der Waals surface area contributed by atoms with E-state index in [0.717, 1.165) is 118 Å². The number of hydrogen-bond acceptors (Lipinski definition) is 12. The maximum Gasteiger partial charge on any atom is 0.328 e. The van der Waals surface area contributed by atoms with Gasteiger partial charge in [0.1, 0.15) is 5.82 Å². The predicted molar refractivity (Wildman–Crippen MR) is 241 cm³/mol. The van der Waals surface area contributed by atoms with Gasteiger partial charge in [0.25, 0.3) is 6.43 Å². The number of likely N-dealkylation sites (tertiary alicyclic amines) is 1. The summed E-state index contributed by atoms with van der Waals surface area (Å²) >= 11 is 0. The van der Waals surface area contributed by atoms with Crippen LogP contribution in [0.4, 0.5) is 36.5 Å². The monoisotopic (exact) mass is 883 g/mol. The van der Waals surface area contributed by atoms with Crippen LogP contribution in [-0.4, -0.2) is 143 Å². The summed E-state index contributed by atoms with van der Waals surface area (Å²) in [5.74, 6) is 0.788. The van der Waals surface area contributed by atoms with Crippen molar-refractivity contribution in [1.82, 2.24) is 44.5 Å². The number of benzene rings is 1. The Labute approximate surface area is 371 Å². The highest BCUT2D eigenvalue weighted by atomic mass is 19.3. The zero-order chi connectivity index (χ0) is 44.6. The predicted octanol–water partition coefficient (Wildman–Crippen LogP) is 5.67.